The summed E-state index contributed by atoms with van der Waals surface area (Å²) in [4.78, 5) is 12.5. The lowest BCUT2D eigenvalue weighted by atomic mass is 10.0. The molecular weight excluding hydrogens is 855 g/mol. The van der Waals surface area contributed by atoms with Crippen molar-refractivity contribution in [1.82, 2.24) is 5.32 Å². The summed E-state index contributed by atoms with van der Waals surface area (Å²) in [6.07, 6.45) is 81.5. The zero-order valence-electron chi connectivity index (χ0n) is 48.6. The van der Waals surface area contributed by atoms with Crippen LogP contribution in [0.4, 0.5) is 0 Å². The maximum Gasteiger partial charge on any atom is 0.220 e. The van der Waals surface area contributed by atoms with Crippen LogP contribution in [0.25, 0.3) is 0 Å². The highest BCUT2D eigenvalue weighted by molar-refractivity contribution is 5.76. The van der Waals surface area contributed by atoms with Gasteiger partial charge in [-0.25, -0.2) is 0 Å². The molecule has 0 radical (unpaired) electrons. The Hall–Kier alpha value is -0.610. The molecule has 0 aromatic carbocycles. The fraction of sp³-hybridized carbons (Fsp3) is 0.985. The Labute approximate surface area is 442 Å². The van der Waals surface area contributed by atoms with Crippen LogP contribution in [0.3, 0.4) is 0 Å². The van der Waals surface area contributed by atoms with Crippen molar-refractivity contribution in [2.24, 2.45) is 0 Å². The predicted molar refractivity (Wildman–Crippen MR) is 313 cm³/mol. The van der Waals surface area contributed by atoms with Crippen LogP contribution in [0, 0.1) is 0 Å². The molecule has 3 N–H and O–H groups in total. The second kappa shape index (κ2) is 62.7. The van der Waals surface area contributed by atoms with Gasteiger partial charge in [0, 0.05) is 6.42 Å². The lowest BCUT2D eigenvalue weighted by molar-refractivity contribution is -0.123. The molecule has 2 unspecified atom stereocenters. The van der Waals surface area contributed by atoms with Crippen molar-refractivity contribution < 1.29 is 15.0 Å². The Morgan fingerprint density at radius 3 is 0.643 bits per heavy atom. The van der Waals surface area contributed by atoms with Gasteiger partial charge in [0.2, 0.25) is 5.91 Å². The van der Waals surface area contributed by atoms with Gasteiger partial charge in [-0.3, -0.25) is 4.79 Å². The first-order chi connectivity index (χ1) is 34.7. The highest BCUT2D eigenvalue weighted by atomic mass is 16.3. The number of hydrogen-bond acceptors (Lipinski definition) is 3. The minimum absolute atomic E-state index is 0.0203. The molecule has 70 heavy (non-hydrogen) atoms. The minimum Gasteiger partial charge on any atom is -0.394 e. The number of carbonyl (C=O) groups is 1. The van der Waals surface area contributed by atoms with E-state index in [4.69, 9.17) is 0 Å². The van der Waals surface area contributed by atoms with Gasteiger partial charge in [0.25, 0.3) is 0 Å². The molecule has 1 amide bonds. The van der Waals surface area contributed by atoms with Crippen LogP contribution < -0.4 is 5.32 Å². The van der Waals surface area contributed by atoms with Gasteiger partial charge in [0.1, 0.15) is 0 Å². The van der Waals surface area contributed by atoms with Crippen molar-refractivity contribution in [3.05, 3.63) is 0 Å². The van der Waals surface area contributed by atoms with Gasteiger partial charge >= 0.3 is 0 Å². The van der Waals surface area contributed by atoms with E-state index in [9.17, 15) is 15.0 Å². The van der Waals surface area contributed by atoms with E-state index >= 15 is 0 Å². The van der Waals surface area contributed by atoms with Crippen molar-refractivity contribution in [3.8, 4) is 0 Å². The molecule has 0 aromatic rings. The average molecular weight is 989 g/mol. The molecule has 2 atom stereocenters. The van der Waals surface area contributed by atoms with Gasteiger partial charge in [-0.15, -0.1) is 0 Å². The first-order valence-electron chi connectivity index (χ1n) is 33.2. The summed E-state index contributed by atoms with van der Waals surface area (Å²) in [5.41, 5.74) is 0. The average Bonchev–Trinajstić information content (AvgIpc) is 3.36. The molecule has 0 heterocycles. The summed E-state index contributed by atoms with van der Waals surface area (Å²) < 4.78 is 0. The highest BCUT2D eigenvalue weighted by Crippen LogP contribution is 2.20. The van der Waals surface area contributed by atoms with Crippen molar-refractivity contribution in [2.75, 3.05) is 6.61 Å². The first kappa shape index (κ1) is 69.4. The standard InChI is InChI=1S/C66H133NO3/c1-3-5-7-9-11-13-15-17-19-21-23-25-26-27-28-29-30-31-32-33-34-35-36-37-38-39-40-41-42-44-46-48-50-52-54-56-58-60-62-66(70)67-64(63-68)65(69)61-59-57-55-53-51-49-47-45-43-24-22-20-18-16-14-12-10-8-6-4-2/h64-65,68-69H,3-63H2,1-2H3,(H,67,70). The zero-order chi connectivity index (χ0) is 50.6. The third-order valence-electron chi connectivity index (χ3n) is 16.1. The topological polar surface area (TPSA) is 69.6 Å². The molecular formula is C66H133NO3. The van der Waals surface area contributed by atoms with E-state index in [1.165, 1.54) is 347 Å². The van der Waals surface area contributed by atoms with Crippen molar-refractivity contribution in [3.63, 3.8) is 0 Å². The van der Waals surface area contributed by atoms with Crippen LogP contribution in [0.1, 0.15) is 399 Å². The monoisotopic (exact) mass is 988 g/mol. The van der Waals surface area contributed by atoms with E-state index in [2.05, 4.69) is 19.2 Å². The van der Waals surface area contributed by atoms with Crippen molar-refractivity contribution in [1.29, 1.82) is 0 Å². The third-order valence-corrected chi connectivity index (χ3v) is 16.1. The molecule has 0 aliphatic carbocycles. The van der Waals surface area contributed by atoms with Crippen LogP contribution in [0.5, 0.6) is 0 Å². The number of aliphatic hydroxyl groups is 2. The maximum atomic E-state index is 12.5. The van der Waals surface area contributed by atoms with Crippen molar-refractivity contribution >= 4 is 5.91 Å². The largest absolute Gasteiger partial charge is 0.394 e. The second-order valence-corrected chi connectivity index (χ2v) is 23.3. The number of aliphatic hydroxyl groups excluding tert-OH is 2. The summed E-state index contributed by atoms with van der Waals surface area (Å²) in [6, 6.07) is -0.532. The number of nitrogens with one attached hydrogen (secondary N) is 1. The van der Waals surface area contributed by atoms with E-state index in [0.717, 1.165) is 25.7 Å². The van der Waals surface area contributed by atoms with E-state index in [-0.39, 0.29) is 12.5 Å². The van der Waals surface area contributed by atoms with Crippen LogP contribution in [-0.2, 0) is 4.79 Å². The maximum absolute atomic E-state index is 12.5. The zero-order valence-corrected chi connectivity index (χ0v) is 48.6. The molecule has 4 heteroatoms. The Balaban J connectivity index is 3.33. The highest BCUT2D eigenvalue weighted by Gasteiger charge is 2.20. The fourth-order valence-corrected chi connectivity index (χ4v) is 11.1. The van der Waals surface area contributed by atoms with Gasteiger partial charge < -0.3 is 15.5 Å². The number of unbranched alkanes of at least 4 members (excludes halogenated alkanes) is 56. The first-order valence-corrected chi connectivity index (χ1v) is 33.2. The molecule has 0 bridgehead atoms. The predicted octanol–water partition coefficient (Wildman–Crippen LogP) is 22.3. The Kier molecular flexibility index (Phi) is 62.1. The lowest BCUT2D eigenvalue weighted by Crippen LogP contribution is -2.45. The summed E-state index contributed by atoms with van der Waals surface area (Å²) in [5, 5.41) is 23.4. The lowest BCUT2D eigenvalue weighted by Gasteiger charge is -2.22. The number of amides is 1. The molecule has 0 saturated heterocycles. The van der Waals surface area contributed by atoms with Crippen molar-refractivity contribution in [2.45, 2.75) is 411 Å². The molecule has 0 saturated carbocycles. The van der Waals surface area contributed by atoms with Gasteiger partial charge in [-0.2, -0.15) is 0 Å². The van der Waals surface area contributed by atoms with E-state index in [1.54, 1.807) is 0 Å². The molecule has 0 aliphatic rings. The molecule has 0 spiro atoms. The van der Waals surface area contributed by atoms with E-state index in [0.29, 0.717) is 12.8 Å². The molecule has 0 aromatic heterocycles. The molecule has 0 rings (SSSR count). The second-order valence-electron chi connectivity index (χ2n) is 23.3. The minimum atomic E-state index is -0.655. The van der Waals surface area contributed by atoms with Crippen LogP contribution in [-0.4, -0.2) is 34.9 Å². The van der Waals surface area contributed by atoms with Crippen LogP contribution in [0.15, 0.2) is 0 Å². The third kappa shape index (κ3) is 58.3. The van der Waals surface area contributed by atoms with E-state index in [1.807, 2.05) is 0 Å². The van der Waals surface area contributed by atoms with Crippen LogP contribution in [0.2, 0.25) is 0 Å². The Morgan fingerprint density at radius 1 is 0.286 bits per heavy atom. The SMILES string of the molecule is CCCCCCCCCCCCCCCCCCCCCCCCCCCCCCCCCCCCCCCCC(=O)NC(CO)C(O)CCCCCCCCCCCCCCCCCCCCCC. The fourth-order valence-electron chi connectivity index (χ4n) is 11.1. The molecule has 4 nitrogen and oxygen atoms in total. The molecule has 0 fully saturated rings. The molecule has 420 valence electrons. The van der Waals surface area contributed by atoms with Crippen LogP contribution >= 0.6 is 0 Å². The number of carbonyl (C=O) groups excluding carboxylic acids is 1. The summed E-state index contributed by atoms with van der Waals surface area (Å²) >= 11 is 0. The Morgan fingerprint density at radius 2 is 0.457 bits per heavy atom. The summed E-state index contributed by atoms with van der Waals surface area (Å²) in [5.74, 6) is -0.0203. The number of hydrogen-bond donors (Lipinski definition) is 3. The summed E-state index contributed by atoms with van der Waals surface area (Å²) in [6.45, 7) is 4.41. The van der Waals surface area contributed by atoms with Gasteiger partial charge in [-0.05, 0) is 12.8 Å². The van der Waals surface area contributed by atoms with Gasteiger partial charge in [-0.1, -0.05) is 380 Å². The normalized spacial score (nSPS) is 12.6. The van der Waals surface area contributed by atoms with Gasteiger partial charge in [0.05, 0.1) is 18.8 Å². The summed E-state index contributed by atoms with van der Waals surface area (Å²) in [7, 11) is 0. The number of rotatable bonds is 63. The van der Waals surface area contributed by atoms with E-state index < -0.39 is 12.1 Å². The molecule has 0 aliphatic heterocycles. The quantitative estimate of drug-likeness (QED) is 0.0532. The smallest absolute Gasteiger partial charge is 0.220 e. The Bertz CT molecular complexity index is 940. The van der Waals surface area contributed by atoms with Gasteiger partial charge in [0.15, 0.2) is 0 Å².